The quantitative estimate of drug-likeness (QED) is 0.397. The van der Waals surface area contributed by atoms with Crippen molar-refractivity contribution in [1.82, 2.24) is 0 Å². The smallest absolute Gasteiger partial charge is 0.152 e. The molecule has 3 heteroatoms. The van der Waals surface area contributed by atoms with Gasteiger partial charge in [-0.3, -0.25) is 0 Å². The Morgan fingerprint density at radius 1 is 1.36 bits per heavy atom. The van der Waals surface area contributed by atoms with Crippen molar-refractivity contribution in [3.63, 3.8) is 0 Å². The predicted molar refractivity (Wildman–Crippen MR) is 110 cm³/mol. The Morgan fingerprint density at radius 3 is 2.72 bits per heavy atom. The van der Waals surface area contributed by atoms with Gasteiger partial charge in [-0.1, -0.05) is 43.6 Å². The molecule has 1 aliphatic rings. The fourth-order valence-corrected chi connectivity index (χ4v) is 4.06. The molecule has 1 aromatic rings. The molecular weight excluding hydrogens is 330 g/mol. The van der Waals surface area contributed by atoms with Gasteiger partial charge in [-0.25, -0.2) is 0 Å². The van der Waals surface area contributed by atoms with Crippen LogP contribution in [0, 0.1) is 5.92 Å². The fraction of sp³-hybridized carbons (Fsp3) is 0.545. The van der Waals surface area contributed by atoms with Gasteiger partial charge in [0, 0.05) is 24.2 Å². The van der Waals surface area contributed by atoms with Crippen LogP contribution in [0.15, 0.2) is 35.9 Å². The zero-order chi connectivity index (χ0) is 18.4. The van der Waals surface area contributed by atoms with Crippen molar-refractivity contribution in [3.05, 3.63) is 47.1 Å². The summed E-state index contributed by atoms with van der Waals surface area (Å²) in [6, 6.07) is 4.38. The van der Waals surface area contributed by atoms with Crippen molar-refractivity contribution in [3.8, 4) is 5.75 Å². The SMILES string of the molecule is C=C(C)[C@@H]1CCC(C)=C[C@H]1c1c(NC)cc(CCCCC)cc1OCl. The van der Waals surface area contributed by atoms with Crippen molar-refractivity contribution in [2.45, 2.75) is 65.2 Å². The Hall–Kier alpha value is -1.41. The minimum absolute atomic E-state index is 0.257. The highest BCUT2D eigenvalue weighted by Crippen LogP contribution is 2.46. The lowest BCUT2D eigenvalue weighted by molar-refractivity contribution is 0.473. The molecule has 0 aromatic heterocycles. The lowest BCUT2D eigenvalue weighted by atomic mass is 9.73. The van der Waals surface area contributed by atoms with E-state index in [0.29, 0.717) is 5.92 Å². The Kier molecular flexibility index (Phi) is 7.43. The molecule has 0 saturated heterocycles. The third-order valence-corrected chi connectivity index (χ3v) is 5.50. The third-order valence-electron chi connectivity index (χ3n) is 5.34. The fourth-order valence-electron chi connectivity index (χ4n) is 3.93. The molecule has 1 aromatic carbocycles. The highest BCUT2D eigenvalue weighted by molar-refractivity contribution is 6.09. The van der Waals surface area contributed by atoms with Crippen molar-refractivity contribution in [1.29, 1.82) is 0 Å². The maximum Gasteiger partial charge on any atom is 0.152 e. The lowest BCUT2D eigenvalue weighted by Gasteiger charge is -2.32. The highest BCUT2D eigenvalue weighted by atomic mass is 35.5. The van der Waals surface area contributed by atoms with Crippen LogP contribution in [0.2, 0.25) is 0 Å². The van der Waals surface area contributed by atoms with Crippen LogP contribution in [-0.4, -0.2) is 7.05 Å². The Labute approximate surface area is 158 Å². The van der Waals surface area contributed by atoms with Gasteiger partial charge in [-0.05, 0) is 63.1 Å². The summed E-state index contributed by atoms with van der Waals surface area (Å²) >= 11 is 5.91. The number of rotatable bonds is 8. The summed E-state index contributed by atoms with van der Waals surface area (Å²) in [4.78, 5) is 0. The first-order chi connectivity index (χ1) is 12.0. The Morgan fingerprint density at radius 2 is 2.12 bits per heavy atom. The second kappa shape index (κ2) is 9.33. The summed E-state index contributed by atoms with van der Waals surface area (Å²) in [5.74, 6) is 1.46. The summed E-state index contributed by atoms with van der Waals surface area (Å²) in [5.41, 5.74) is 6.21. The van der Waals surface area contributed by atoms with Crippen molar-refractivity contribution in [2.75, 3.05) is 12.4 Å². The number of aryl methyl sites for hydroxylation is 1. The molecule has 2 nitrogen and oxygen atoms in total. The standard InChI is InChI=1S/C22H32ClNO/c1-6-7-8-9-17-13-20(24-5)22(21(14-17)25-23)19-12-16(4)10-11-18(19)15(2)3/h12-14,18-19,24H,2,6-11H2,1,3-5H3/t18-,19+/m0/s1. The van der Waals surface area contributed by atoms with Gasteiger partial charge >= 0.3 is 0 Å². The zero-order valence-corrected chi connectivity index (χ0v) is 16.9. The zero-order valence-electron chi connectivity index (χ0n) is 16.1. The minimum Gasteiger partial charge on any atom is -0.388 e. The van der Waals surface area contributed by atoms with E-state index in [-0.39, 0.29) is 5.92 Å². The molecule has 2 rings (SSSR count). The van der Waals surface area contributed by atoms with Gasteiger partial charge in [-0.15, -0.1) is 0 Å². The molecule has 0 saturated carbocycles. The maximum atomic E-state index is 5.91. The summed E-state index contributed by atoms with van der Waals surface area (Å²) in [7, 11) is 1.97. The largest absolute Gasteiger partial charge is 0.388 e. The number of halogens is 1. The number of anilines is 1. The Bertz CT molecular complexity index is 610. The van der Waals surface area contributed by atoms with Crippen LogP contribution >= 0.6 is 11.9 Å². The van der Waals surface area contributed by atoms with Gasteiger partial charge in [0.15, 0.2) is 5.75 Å². The van der Waals surface area contributed by atoms with Crippen molar-refractivity contribution < 1.29 is 4.29 Å². The first kappa shape index (κ1) is 19.9. The van der Waals surface area contributed by atoms with E-state index in [1.807, 2.05) is 7.05 Å². The normalized spacial score (nSPS) is 20.1. The molecule has 25 heavy (non-hydrogen) atoms. The summed E-state index contributed by atoms with van der Waals surface area (Å²) in [5, 5.41) is 3.38. The van der Waals surface area contributed by atoms with Gasteiger partial charge in [0.25, 0.3) is 0 Å². The van der Waals surface area contributed by atoms with E-state index >= 15 is 0 Å². The molecule has 1 N–H and O–H groups in total. The third kappa shape index (κ3) is 4.82. The van der Waals surface area contributed by atoms with Crippen LogP contribution in [-0.2, 0) is 6.42 Å². The monoisotopic (exact) mass is 361 g/mol. The molecule has 2 atom stereocenters. The molecule has 0 spiro atoms. The molecule has 0 amide bonds. The van der Waals surface area contributed by atoms with Gasteiger partial charge < -0.3 is 9.61 Å². The average Bonchev–Trinajstić information content (AvgIpc) is 2.60. The van der Waals surface area contributed by atoms with Crippen molar-refractivity contribution >= 4 is 17.6 Å². The van der Waals surface area contributed by atoms with E-state index in [4.69, 9.17) is 16.2 Å². The molecule has 0 heterocycles. The molecule has 0 fully saturated rings. The van der Waals surface area contributed by atoms with Crippen molar-refractivity contribution in [2.24, 2.45) is 5.92 Å². The van der Waals surface area contributed by atoms with Crippen LogP contribution in [0.5, 0.6) is 5.75 Å². The topological polar surface area (TPSA) is 21.3 Å². The predicted octanol–water partition coefficient (Wildman–Crippen LogP) is 7.01. The highest BCUT2D eigenvalue weighted by Gasteiger charge is 2.30. The van der Waals surface area contributed by atoms with Crippen LogP contribution in [0.3, 0.4) is 0 Å². The van der Waals surface area contributed by atoms with E-state index in [0.717, 1.165) is 36.3 Å². The Balaban J connectivity index is 2.47. The number of unbranched alkanes of at least 4 members (excludes halogenated alkanes) is 2. The maximum absolute atomic E-state index is 5.91. The van der Waals surface area contributed by atoms with Crippen LogP contribution in [0.25, 0.3) is 0 Å². The molecule has 138 valence electrons. The number of allylic oxidation sites excluding steroid dienone is 3. The van der Waals surface area contributed by atoms with Gasteiger partial charge in [0.2, 0.25) is 0 Å². The minimum atomic E-state index is 0.257. The van der Waals surface area contributed by atoms with Crippen LogP contribution < -0.4 is 9.61 Å². The molecule has 0 bridgehead atoms. The number of nitrogens with one attached hydrogen (secondary N) is 1. The van der Waals surface area contributed by atoms with Gasteiger partial charge in [0.1, 0.15) is 11.9 Å². The first-order valence-corrected chi connectivity index (χ1v) is 9.78. The average molecular weight is 362 g/mol. The van der Waals surface area contributed by atoms with Gasteiger partial charge in [0.05, 0.1) is 0 Å². The first-order valence-electron chi connectivity index (χ1n) is 9.47. The molecule has 0 aliphatic heterocycles. The molecular formula is C22H32ClNO. The van der Waals surface area contributed by atoms with E-state index < -0.39 is 0 Å². The molecule has 0 unspecified atom stereocenters. The lowest BCUT2D eigenvalue weighted by Crippen LogP contribution is -2.18. The molecule has 0 radical (unpaired) electrons. The summed E-state index contributed by atoms with van der Waals surface area (Å²) < 4.78 is 5.32. The van der Waals surface area contributed by atoms with Gasteiger partial charge in [-0.2, -0.15) is 0 Å². The van der Waals surface area contributed by atoms with E-state index in [9.17, 15) is 0 Å². The second-order valence-corrected chi connectivity index (χ2v) is 7.52. The van der Waals surface area contributed by atoms with Crippen LogP contribution in [0.1, 0.15) is 69.9 Å². The van der Waals surface area contributed by atoms with Crippen LogP contribution in [0.4, 0.5) is 5.69 Å². The van der Waals surface area contributed by atoms with E-state index in [1.165, 1.54) is 36.0 Å². The van der Waals surface area contributed by atoms with E-state index in [2.05, 4.69) is 50.9 Å². The van der Waals surface area contributed by atoms with E-state index in [1.54, 1.807) is 0 Å². The number of benzene rings is 1. The number of hydrogen-bond donors (Lipinski definition) is 1. The second-order valence-electron chi connectivity index (χ2n) is 7.37. The number of hydrogen-bond acceptors (Lipinski definition) is 2. The summed E-state index contributed by atoms with van der Waals surface area (Å²) in [6.45, 7) is 10.8. The summed E-state index contributed by atoms with van der Waals surface area (Å²) in [6.07, 6.45) is 9.35. The molecule has 1 aliphatic carbocycles.